The van der Waals surface area contributed by atoms with Gasteiger partial charge in [0, 0.05) is 23.5 Å². The molecule has 0 bridgehead atoms. The Kier molecular flexibility index (Phi) is 7.74. The van der Waals surface area contributed by atoms with Crippen molar-refractivity contribution in [2.75, 3.05) is 0 Å². The van der Waals surface area contributed by atoms with Crippen molar-refractivity contribution in [3.8, 4) is 0 Å². The van der Waals surface area contributed by atoms with Gasteiger partial charge in [-0.1, -0.05) is 6.92 Å². The van der Waals surface area contributed by atoms with Crippen LogP contribution in [0.2, 0.25) is 0 Å². The van der Waals surface area contributed by atoms with Gasteiger partial charge in [-0.25, -0.2) is 0 Å². The normalized spacial score (nSPS) is 7.78. The molecule has 0 aliphatic carbocycles. The van der Waals surface area contributed by atoms with Crippen LogP contribution in [0.3, 0.4) is 0 Å². The molecule has 0 saturated carbocycles. The summed E-state index contributed by atoms with van der Waals surface area (Å²) in [5, 5.41) is 0. The number of rotatable bonds is 3. The van der Waals surface area contributed by atoms with E-state index in [0.29, 0.717) is 6.42 Å². The van der Waals surface area contributed by atoms with Crippen LogP contribution >= 0.6 is 0 Å². The summed E-state index contributed by atoms with van der Waals surface area (Å²) < 4.78 is 0. The second-order valence-corrected chi connectivity index (χ2v) is 1.77. The van der Waals surface area contributed by atoms with E-state index in [1.807, 2.05) is 0 Å². The van der Waals surface area contributed by atoms with E-state index in [0.717, 1.165) is 0 Å². The minimum Gasteiger partial charge on any atom is -0.300 e. The monoisotopic (exact) mass is 177 g/mol. The molecule has 0 N–H and O–H groups in total. The molecular formula is C6H10CuO2. The van der Waals surface area contributed by atoms with E-state index in [1.165, 1.54) is 6.92 Å². The molecule has 0 aromatic heterocycles. The Morgan fingerprint density at radius 3 is 1.89 bits per heavy atom. The van der Waals surface area contributed by atoms with E-state index in [2.05, 4.69) is 0 Å². The standard InChI is InChI=1S/C6H10O2.Cu/c1-3-6(8)4-5(2)7;/h3-4H2,1-2H3;. The predicted octanol–water partition coefficient (Wildman–Crippen LogP) is 0.942. The van der Waals surface area contributed by atoms with Crippen molar-refractivity contribution in [3.05, 3.63) is 0 Å². The summed E-state index contributed by atoms with van der Waals surface area (Å²) in [5.41, 5.74) is 0. The molecule has 1 radical (unpaired) electrons. The Labute approximate surface area is 65.5 Å². The molecule has 0 saturated heterocycles. The molecule has 0 heterocycles. The number of hydrogen-bond acceptors (Lipinski definition) is 2. The van der Waals surface area contributed by atoms with Gasteiger partial charge in [-0.05, 0) is 6.92 Å². The van der Waals surface area contributed by atoms with Gasteiger partial charge < -0.3 is 0 Å². The molecule has 0 aliphatic heterocycles. The molecule has 0 aromatic rings. The Morgan fingerprint density at radius 2 is 1.78 bits per heavy atom. The van der Waals surface area contributed by atoms with Crippen molar-refractivity contribution >= 4 is 11.6 Å². The smallest absolute Gasteiger partial charge is 0.139 e. The largest absolute Gasteiger partial charge is 0.300 e. The van der Waals surface area contributed by atoms with Crippen molar-refractivity contribution in [2.45, 2.75) is 26.7 Å². The molecule has 9 heavy (non-hydrogen) atoms. The summed E-state index contributed by atoms with van der Waals surface area (Å²) in [4.78, 5) is 20.6. The number of carbonyl (C=O) groups is 2. The van der Waals surface area contributed by atoms with E-state index in [1.54, 1.807) is 6.92 Å². The van der Waals surface area contributed by atoms with Crippen molar-refractivity contribution in [2.24, 2.45) is 0 Å². The van der Waals surface area contributed by atoms with Crippen LogP contribution in [-0.4, -0.2) is 11.6 Å². The fraction of sp³-hybridized carbons (Fsp3) is 0.667. The van der Waals surface area contributed by atoms with Gasteiger partial charge in [0.1, 0.15) is 11.6 Å². The number of ketones is 2. The third kappa shape index (κ3) is 7.86. The van der Waals surface area contributed by atoms with E-state index in [-0.39, 0.29) is 35.1 Å². The third-order valence-corrected chi connectivity index (χ3v) is 0.840. The van der Waals surface area contributed by atoms with Gasteiger partial charge in [-0.3, -0.25) is 9.59 Å². The van der Waals surface area contributed by atoms with Crippen LogP contribution in [0, 0.1) is 0 Å². The summed E-state index contributed by atoms with van der Waals surface area (Å²) in [6.07, 6.45) is 0.579. The Bertz CT molecular complexity index is 110. The van der Waals surface area contributed by atoms with Crippen LogP contribution in [0.1, 0.15) is 26.7 Å². The van der Waals surface area contributed by atoms with Gasteiger partial charge in [0.05, 0.1) is 6.42 Å². The maximum atomic E-state index is 10.4. The summed E-state index contributed by atoms with van der Waals surface area (Å²) in [6, 6.07) is 0. The molecule has 0 rings (SSSR count). The van der Waals surface area contributed by atoms with Crippen LogP contribution in [0.4, 0.5) is 0 Å². The molecule has 2 nitrogen and oxygen atoms in total. The first-order valence-electron chi connectivity index (χ1n) is 2.68. The van der Waals surface area contributed by atoms with E-state index in [4.69, 9.17) is 0 Å². The molecule has 0 aromatic carbocycles. The van der Waals surface area contributed by atoms with E-state index in [9.17, 15) is 9.59 Å². The topological polar surface area (TPSA) is 34.1 Å². The molecular weight excluding hydrogens is 168 g/mol. The average Bonchev–Trinajstić information content (AvgIpc) is 1.65. The molecule has 3 heteroatoms. The minimum atomic E-state index is -0.0446. The molecule has 0 atom stereocenters. The van der Waals surface area contributed by atoms with Crippen LogP contribution in [0.15, 0.2) is 0 Å². The van der Waals surface area contributed by atoms with Crippen LogP contribution in [-0.2, 0) is 26.7 Å². The first kappa shape index (κ1) is 11.6. The maximum Gasteiger partial charge on any atom is 0.139 e. The van der Waals surface area contributed by atoms with Gasteiger partial charge in [0.25, 0.3) is 0 Å². The Morgan fingerprint density at radius 1 is 1.33 bits per heavy atom. The second kappa shape index (κ2) is 5.99. The Hall–Kier alpha value is -0.141. The van der Waals surface area contributed by atoms with Crippen LogP contribution < -0.4 is 0 Å². The van der Waals surface area contributed by atoms with Gasteiger partial charge in [-0.2, -0.15) is 0 Å². The van der Waals surface area contributed by atoms with E-state index >= 15 is 0 Å². The SMILES string of the molecule is CCC(=O)CC(C)=O.[Cu]. The van der Waals surface area contributed by atoms with Crippen LogP contribution in [0.25, 0.3) is 0 Å². The second-order valence-electron chi connectivity index (χ2n) is 1.77. The van der Waals surface area contributed by atoms with Gasteiger partial charge >= 0.3 is 0 Å². The first-order valence-corrected chi connectivity index (χ1v) is 2.68. The van der Waals surface area contributed by atoms with Gasteiger partial charge in [-0.15, -0.1) is 0 Å². The summed E-state index contributed by atoms with van der Waals surface area (Å²) in [5.74, 6) is -0.0191. The zero-order chi connectivity index (χ0) is 6.57. The number of carbonyl (C=O) groups excluding carboxylic acids is 2. The molecule has 0 spiro atoms. The predicted molar refractivity (Wildman–Crippen MR) is 30.6 cm³/mol. The maximum absolute atomic E-state index is 10.4. The summed E-state index contributed by atoms with van der Waals surface area (Å²) in [6.45, 7) is 3.18. The first-order chi connectivity index (χ1) is 3.66. The summed E-state index contributed by atoms with van der Waals surface area (Å²) >= 11 is 0. The zero-order valence-electron chi connectivity index (χ0n) is 5.53. The Balaban J connectivity index is 0. The number of Topliss-reactive ketones (excluding diaryl/α,β-unsaturated/α-hetero) is 2. The van der Waals surface area contributed by atoms with E-state index < -0.39 is 0 Å². The molecule has 0 unspecified atom stereocenters. The molecule has 0 aliphatic rings. The third-order valence-electron chi connectivity index (χ3n) is 0.840. The van der Waals surface area contributed by atoms with Crippen molar-refractivity contribution in [3.63, 3.8) is 0 Å². The minimum absolute atomic E-state index is 0. The van der Waals surface area contributed by atoms with Crippen molar-refractivity contribution in [1.29, 1.82) is 0 Å². The molecule has 57 valence electrons. The van der Waals surface area contributed by atoms with Gasteiger partial charge in [0.15, 0.2) is 0 Å². The number of hydrogen-bond donors (Lipinski definition) is 0. The zero-order valence-corrected chi connectivity index (χ0v) is 6.47. The summed E-state index contributed by atoms with van der Waals surface area (Å²) in [7, 11) is 0. The van der Waals surface area contributed by atoms with Gasteiger partial charge in [0.2, 0.25) is 0 Å². The fourth-order valence-corrected chi connectivity index (χ4v) is 0.403. The molecule has 0 fully saturated rings. The average molecular weight is 178 g/mol. The quantitative estimate of drug-likeness (QED) is 0.475. The molecule has 0 amide bonds. The van der Waals surface area contributed by atoms with Crippen molar-refractivity contribution < 1.29 is 26.7 Å². The van der Waals surface area contributed by atoms with Crippen LogP contribution in [0.5, 0.6) is 0 Å². The van der Waals surface area contributed by atoms with Crippen molar-refractivity contribution in [1.82, 2.24) is 0 Å². The fourth-order valence-electron chi connectivity index (χ4n) is 0.403.